The molecule has 4 rings (SSSR count). The van der Waals surface area contributed by atoms with Gasteiger partial charge in [-0.1, -0.05) is 27.3 Å². The standard InChI is InChI=1S/C23H26BrFN4O3S2/c1-27(2)12-4-13-28(23-26-19-11-6-16(24)15-21(19)33-23)22(30)20-5-3-14-29(20)34(31,32)18-9-7-17(25)8-10-18/h6-11,15,20H,3-5,12-14H2,1-2H3. The van der Waals surface area contributed by atoms with E-state index in [1.807, 2.05) is 37.2 Å². The number of amides is 1. The first kappa shape index (κ1) is 25.2. The lowest BCUT2D eigenvalue weighted by atomic mass is 10.2. The number of fused-ring (bicyclic) bond motifs is 1. The first-order valence-corrected chi connectivity index (χ1v) is 14.0. The van der Waals surface area contributed by atoms with E-state index in [2.05, 4.69) is 20.9 Å². The summed E-state index contributed by atoms with van der Waals surface area (Å²) in [5.74, 6) is -0.789. The molecule has 1 amide bonds. The van der Waals surface area contributed by atoms with E-state index in [1.165, 1.54) is 27.8 Å². The van der Waals surface area contributed by atoms with E-state index in [-0.39, 0.29) is 17.3 Å². The van der Waals surface area contributed by atoms with Gasteiger partial charge < -0.3 is 4.90 Å². The number of aromatic nitrogens is 1. The molecule has 34 heavy (non-hydrogen) atoms. The number of hydrogen-bond acceptors (Lipinski definition) is 6. The lowest BCUT2D eigenvalue weighted by molar-refractivity contribution is -0.121. The number of thiazole rings is 1. The largest absolute Gasteiger partial charge is 0.309 e. The average Bonchev–Trinajstić information content (AvgIpc) is 3.44. The summed E-state index contributed by atoms with van der Waals surface area (Å²) in [5.41, 5.74) is 0.788. The Morgan fingerprint density at radius 3 is 2.65 bits per heavy atom. The second-order valence-corrected chi connectivity index (χ2v) is 12.3. The van der Waals surface area contributed by atoms with Crippen LogP contribution in [0, 0.1) is 5.82 Å². The topological polar surface area (TPSA) is 73.8 Å². The zero-order chi connectivity index (χ0) is 24.5. The fourth-order valence-electron chi connectivity index (χ4n) is 4.04. The Labute approximate surface area is 211 Å². The molecule has 2 heterocycles. The summed E-state index contributed by atoms with van der Waals surface area (Å²) in [6.45, 7) is 1.45. The van der Waals surface area contributed by atoms with E-state index in [1.54, 1.807) is 4.90 Å². The minimum atomic E-state index is -3.94. The van der Waals surface area contributed by atoms with Crippen molar-refractivity contribution in [2.45, 2.75) is 30.2 Å². The monoisotopic (exact) mass is 568 g/mol. The van der Waals surface area contributed by atoms with Crippen molar-refractivity contribution in [3.63, 3.8) is 0 Å². The number of nitrogens with zero attached hydrogens (tertiary/aromatic N) is 4. The summed E-state index contributed by atoms with van der Waals surface area (Å²) < 4.78 is 43.1. The molecule has 0 spiro atoms. The van der Waals surface area contributed by atoms with Gasteiger partial charge in [0.15, 0.2) is 5.13 Å². The minimum absolute atomic E-state index is 0.0161. The van der Waals surface area contributed by atoms with Gasteiger partial charge in [-0.05, 0) is 82.4 Å². The molecule has 1 atom stereocenters. The SMILES string of the molecule is CN(C)CCCN(C(=O)C1CCCN1S(=O)(=O)c1ccc(F)cc1)c1nc2ccc(Br)cc2s1. The van der Waals surface area contributed by atoms with Crippen LogP contribution >= 0.6 is 27.3 Å². The molecule has 11 heteroatoms. The van der Waals surface area contributed by atoms with Gasteiger partial charge in [-0.3, -0.25) is 9.69 Å². The van der Waals surface area contributed by atoms with E-state index in [0.717, 1.165) is 39.8 Å². The predicted octanol–water partition coefficient (Wildman–Crippen LogP) is 4.34. The van der Waals surface area contributed by atoms with Crippen molar-refractivity contribution in [3.8, 4) is 0 Å². The molecule has 1 aliphatic rings. The number of sulfonamides is 1. The smallest absolute Gasteiger partial charge is 0.247 e. The highest BCUT2D eigenvalue weighted by atomic mass is 79.9. The number of halogens is 2. The normalized spacial score (nSPS) is 17.0. The van der Waals surface area contributed by atoms with Gasteiger partial charge in [0.2, 0.25) is 15.9 Å². The lowest BCUT2D eigenvalue weighted by Gasteiger charge is -2.29. The molecule has 1 aliphatic heterocycles. The zero-order valence-electron chi connectivity index (χ0n) is 18.9. The minimum Gasteiger partial charge on any atom is -0.309 e. The number of anilines is 1. The lowest BCUT2D eigenvalue weighted by Crippen LogP contribution is -2.48. The molecule has 0 saturated carbocycles. The van der Waals surface area contributed by atoms with Crippen LogP contribution in [0.1, 0.15) is 19.3 Å². The molecule has 1 saturated heterocycles. The van der Waals surface area contributed by atoms with E-state index in [0.29, 0.717) is 24.5 Å². The molecule has 1 unspecified atom stereocenters. The highest BCUT2D eigenvalue weighted by Gasteiger charge is 2.42. The molecule has 2 aromatic carbocycles. The number of benzene rings is 2. The van der Waals surface area contributed by atoms with Crippen LogP contribution in [0.25, 0.3) is 10.2 Å². The van der Waals surface area contributed by atoms with Crippen molar-refractivity contribution in [2.24, 2.45) is 0 Å². The number of rotatable bonds is 8. The third-order valence-corrected chi connectivity index (χ3v) is 9.19. The Hall–Kier alpha value is -1.92. The summed E-state index contributed by atoms with van der Waals surface area (Å²) in [4.78, 5) is 22.1. The summed E-state index contributed by atoms with van der Waals surface area (Å²) in [5, 5.41) is 0.558. The molecular formula is C23H26BrFN4O3S2. The highest BCUT2D eigenvalue weighted by molar-refractivity contribution is 9.10. The van der Waals surface area contributed by atoms with Crippen LogP contribution in [-0.4, -0.2) is 68.3 Å². The van der Waals surface area contributed by atoms with Crippen molar-refractivity contribution in [1.82, 2.24) is 14.2 Å². The van der Waals surface area contributed by atoms with E-state index in [4.69, 9.17) is 0 Å². The molecular weight excluding hydrogens is 543 g/mol. The maximum absolute atomic E-state index is 13.8. The maximum atomic E-state index is 13.8. The van der Waals surface area contributed by atoms with Crippen molar-refractivity contribution in [3.05, 3.63) is 52.8 Å². The van der Waals surface area contributed by atoms with E-state index >= 15 is 0 Å². The number of carbonyl (C=O) groups is 1. The Morgan fingerprint density at radius 2 is 1.94 bits per heavy atom. The van der Waals surface area contributed by atoms with Gasteiger partial charge in [-0.2, -0.15) is 4.31 Å². The van der Waals surface area contributed by atoms with Gasteiger partial charge >= 0.3 is 0 Å². The molecule has 0 aliphatic carbocycles. The van der Waals surface area contributed by atoms with Crippen LogP contribution in [0.15, 0.2) is 51.8 Å². The Balaban J connectivity index is 1.65. The van der Waals surface area contributed by atoms with Crippen LogP contribution in [0.3, 0.4) is 0 Å². The van der Waals surface area contributed by atoms with Crippen molar-refractivity contribution < 1.29 is 17.6 Å². The Kier molecular flexibility index (Phi) is 7.68. The summed E-state index contributed by atoms with van der Waals surface area (Å²) >= 11 is 4.88. The molecule has 1 aromatic heterocycles. The van der Waals surface area contributed by atoms with Crippen molar-refractivity contribution in [1.29, 1.82) is 0 Å². The van der Waals surface area contributed by atoms with Gasteiger partial charge in [-0.15, -0.1) is 0 Å². The Morgan fingerprint density at radius 1 is 1.21 bits per heavy atom. The van der Waals surface area contributed by atoms with Crippen LogP contribution < -0.4 is 4.90 Å². The fourth-order valence-corrected chi connectivity index (χ4v) is 7.24. The molecule has 0 N–H and O–H groups in total. The van der Waals surface area contributed by atoms with Crippen LogP contribution in [0.5, 0.6) is 0 Å². The molecule has 0 radical (unpaired) electrons. The zero-order valence-corrected chi connectivity index (χ0v) is 22.2. The van der Waals surface area contributed by atoms with Crippen molar-refractivity contribution >= 4 is 58.5 Å². The second kappa shape index (κ2) is 10.4. The summed E-state index contributed by atoms with van der Waals surface area (Å²) in [6.07, 6.45) is 1.73. The average molecular weight is 570 g/mol. The van der Waals surface area contributed by atoms with Gasteiger partial charge in [0.05, 0.1) is 15.1 Å². The first-order valence-electron chi connectivity index (χ1n) is 11.0. The predicted molar refractivity (Wildman–Crippen MR) is 136 cm³/mol. The summed E-state index contributed by atoms with van der Waals surface area (Å²) in [7, 11) is -0.00659. The van der Waals surface area contributed by atoms with Crippen LogP contribution in [-0.2, 0) is 14.8 Å². The van der Waals surface area contributed by atoms with Crippen molar-refractivity contribution in [2.75, 3.05) is 38.6 Å². The second-order valence-electron chi connectivity index (χ2n) is 8.48. The van der Waals surface area contributed by atoms with Gasteiger partial charge in [0, 0.05) is 17.6 Å². The van der Waals surface area contributed by atoms with E-state index < -0.39 is 21.9 Å². The van der Waals surface area contributed by atoms with Gasteiger partial charge in [0.25, 0.3) is 0 Å². The van der Waals surface area contributed by atoms with Gasteiger partial charge in [-0.25, -0.2) is 17.8 Å². The van der Waals surface area contributed by atoms with Gasteiger partial charge in [0.1, 0.15) is 11.9 Å². The molecule has 3 aromatic rings. The molecule has 7 nitrogen and oxygen atoms in total. The molecule has 1 fully saturated rings. The number of hydrogen-bond donors (Lipinski definition) is 0. The van der Waals surface area contributed by atoms with Crippen LogP contribution in [0.4, 0.5) is 9.52 Å². The molecule has 0 bridgehead atoms. The number of carbonyl (C=O) groups excluding carboxylic acids is 1. The fraction of sp³-hybridized carbons (Fsp3) is 0.391. The highest BCUT2D eigenvalue weighted by Crippen LogP contribution is 2.34. The third-order valence-electron chi connectivity index (χ3n) is 5.73. The maximum Gasteiger partial charge on any atom is 0.247 e. The third kappa shape index (κ3) is 5.33. The Bertz CT molecular complexity index is 1280. The summed E-state index contributed by atoms with van der Waals surface area (Å²) in [6, 6.07) is 9.64. The van der Waals surface area contributed by atoms with Crippen LogP contribution in [0.2, 0.25) is 0 Å². The first-order chi connectivity index (χ1) is 16.2. The quantitative estimate of drug-likeness (QED) is 0.404. The van der Waals surface area contributed by atoms with E-state index in [9.17, 15) is 17.6 Å². The molecule has 182 valence electrons.